The smallest absolute Gasteiger partial charge is 0.306 e. The minimum Gasteiger partial charge on any atom is -0.481 e. The second kappa shape index (κ2) is 9.06. The molecule has 0 aromatic carbocycles. The van der Waals surface area contributed by atoms with Crippen molar-refractivity contribution < 1.29 is 19.8 Å². The molecule has 0 radical (unpaired) electrons. The lowest BCUT2D eigenvalue weighted by Crippen LogP contribution is -2.29. The van der Waals surface area contributed by atoms with Gasteiger partial charge in [0.25, 0.3) is 0 Å². The standard InChI is InChI=1S/C17H32O4/c1-6-8-13(14(7-2)16(20)21)11-17(4,5)10-12(3)9-15(18)19/h12-14H,6-11H2,1-5H3,(H,18,19)(H,20,21). The fourth-order valence-corrected chi connectivity index (χ4v) is 3.63. The summed E-state index contributed by atoms with van der Waals surface area (Å²) in [6, 6.07) is 0. The van der Waals surface area contributed by atoms with Gasteiger partial charge in [-0.25, -0.2) is 0 Å². The van der Waals surface area contributed by atoms with Crippen LogP contribution in [-0.4, -0.2) is 22.2 Å². The molecule has 0 aromatic heterocycles. The first-order valence-electron chi connectivity index (χ1n) is 8.07. The highest BCUT2D eigenvalue weighted by atomic mass is 16.4. The van der Waals surface area contributed by atoms with E-state index in [1.54, 1.807) is 0 Å². The Morgan fingerprint density at radius 3 is 2.05 bits per heavy atom. The summed E-state index contributed by atoms with van der Waals surface area (Å²) in [5, 5.41) is 18.3. The van der Waals surface area contributed by atoms with Crippen molar-refractivity contribution in [1.82, 2.24) is 0 Å². The van der Waals surface area contributed by atoms with Gasteiger partial charge in [-0.05, 0) is 42.9 Å². The first-order valence-corrected chi connectivity index (χ1v) is 8.07. The predicted molar refractivity (Wildman–Crippen MR) is 84.2 cm³/mol. The fourth-order valence-electron chi connectivity index (χ4n) is 3.63. The van der Waals surface area contributed by atoms with Gasteiger partial charge in [0.1, 0.15) is 0 Å². The van der Waals surface area contributed by atoms with Gasteiger partial charge < -0.3 is 10.2 Å². The molecule has 0 aliphatic rings. The van der Waals surface area contributed by atoms with Gasteiger partial charge in [0.2, 0.25) is 0 Å². The van der Waals surface area contributed by atoms with E-state index < -0.39 is 11.9 Å². The van der Waals surface area contributed by atoms with Crippen LogP contribution in [0.4, 0.5) is 0 Å². The molecule has 0 aliphatic heterocycles. The molecular formula is C17H32O4. The molecule has 0 aliphatic carbocycles. The summed E-state index contributed by atoms with van der Waals surface area (Å²) in [5.74, 6) is -1.47. The summed E-state index contributed by atoms with van der Waals surface area (Å²) >= 11 is 0. The number of hydrogen-bond acceptors (Lipinski definition) is 2. The monoisotopic (exact) mass is 300 g/mol. The molecule has 0 bridgehead atoms. The Balaban J connectivity index is 4.80. The predicted octanol–water partition coefficient (Wildman–Crippen LogP) is 4.43. The Labute approximate surface area is 128 Å². The van der Waals surface area contributed by atoms with E-state index in [-0.39, 0.29) is 29.6 Å². The van der Waals surface area contributed by atoms with Crippen molar-refractivity contribution in [3.8, 4) is 0 Å². The van der Waals surface area contributed by atoms with E-state index in [4.69, 9.17) is 5.11 Å². The van der Waals surface area contributed by atoms with Crippen LogP contribution in [0.25, 0.3) is 0 Å². The van der Waals surface area contributed by atoms with Gasteiger partial charge in [-0.1, -0.05) is 41.0 Å². The van der Waals surface area contributed by atoms with Crippen molar-refractivity contribution in [2.24, 2.45) is 23.2 Å². The average Bonchev–Trinajstić information content (AvgIpc) is 2.26. The van der Waals surface area contributed by atoms with E-state index >= 15 is 0 Å². The van der Waals surface area contributed by atoms with Crippen molar-refractivity contribution in [2.75, 3.05) is 0 Å². The molecule has 4 heteroatoms. The number of carboxylic acid groups (broad SMARTS) is 2. The highest BCUT2D eigenvalue weighted by Gasteiger charge is 2.32. The molecule has 0 heterocycles. The fraction of sp³-hybridized carbons (Fsp3) is 0.882. The van der Waals surface area contributed by atoms with Gasteiger partial charge >= 0.3 is 11.9 Å². The second-order valence-electron chi connectivity index (χ2n) is 7.18. The lowest BCUT2D eigenvalue weighted by molar-refractivity contribution is -0.144. The zero-order valence-corrected chi connectivity index (χ0v) is 14.2. The molecule has 0 saturated carbocycles. The van der Waals surface area contributed by atoms with Crippen molar-refractivity contribution in [1.29, 1.82) is 0 Å². The third-order valence-electron chi connectivity index (χ3n) is 4.22. The van der Waals surface area contributed by atoms with Crippen LogP contribution in [0, 0.1) is 23.2 Å². The summed E-state index contributed by atoms with van der Waals surface area (Å²) in [4.78, 5) is 22.2. The lowest BCUT2D eigenvalue weighted by atomic mass is 9.71. The largest absolute Gasteiger partial charge is 0.481 e. The first-order chi connectivity index (χ1) is 9.62. The van der Waals surface area contributed by atoms with Gasteiger partial charge in [0, 0.05) is 6.42 Å². The van der Waals surface area contributed by atoms with Crippen LogP contribution >= 0.6 is 0 Å². The van der Waals surface area contributed by atoms with Gasteiger partial charge in [0.05, 0.1) is 5.92 Å². The molecular weight excluding hydrogens is 268 g/mol. The van der Waals surface area contributed by atoms with E-state index in [1.807, 2.05) is 13.8 Å². The van der Waals surface area contributed by atoms with Crippen molar-refractivity contribution in [3.05, 3.63) is 0 Å². The molecule has 124 valence electrons. The molecule has 3 atom stereocenters. The maximum Gasteiger partial charge on any atom is 0.306 e. The first kappa shape index (κ1) is 19.9. The normalized spacial score (nSPS) is 16.2. The van der Waals surface area contributed by atoms with Crippen molar-refractivity contribution >= 4 is 11.9 Å². The third kappa shape index (κ3) is 8.08. The molecule has 0 spiro atoms. The quantitative estimate of drug-likeness (QED) is 0.592. The molecule has 4 nitrogen and oxygen atoms in total. The lowest BCUT2D eigenvalue weighted by Gasteiger charge is -2.34. The van der Waals surface area contributed by atoms with Gasteiger partial charge in [-0.3, -0.25) is 9.59 Å². The molecule has 3 unspecified atom stereocenters. The summed E-state index contributed by atoms with van der Waals surface area (Å²) < 4.78 is 0. The summed E-state index contributed by atoms with van der Waals surface area (Å²) in [5.41, 5.74) is -0.0302. The topological polar surface area (TPSA) is 74.6 Å². The van der Waals surface area contributed by atoms with Gasteiger partial charge in [0.15, 0.2) is 0 Å². The van der Waals surface area contributed by atoms with Crippen LogP contribution in [0.2, 0.25) is 0 Å². The van der Waals surface area contributed by atoms with E-state index in [0.717, 1.165) is 25.7 Å². The number of carbonyl (C=O) groups is 2. The van der Waals surface area contributed by atoms with Crippen LogP contribution < -0.4 is 0 Å². The molecule has 0 amide bonds. The van der Waals surface area contributed by atoms with E-state index in [9.17, 15) is 14.7 Å². The zero-order valence-electron chi connectivity index (χ0n) is 14.2. The molecule has 0 aromatic rings. The summed E-state index contributed by atoms with van der Waals surface area (Å²) in [6.07, 6.45) is 4.39. The van der Waals surface area contributed by atoms with Crippen LogP contribution in [-0.2, 0) is 9.59 Å². The maximum atomic E-state index is 11.4. The van der Waals surface area contributed by atoms with Gasteiger partial charge in [-0.15, -0.1) is 0 Å². The maximum absolute atomic E-state index is 11.4. The molecule has 0 saturated heterocycles. The van der Waals surface area contributed by atoms with Crippen LogP contribution in [0.1, 0.15) is 73.1 Å². The highest BCUT2D eigenvalue weighted by molar-refractivity contribution is 5.70. The van der Waals surface area contributed by atoms with Crippen LogP contribution in [0.5, 0.6) is 0 Å². The van der Waals surface area contributed by atoms with Crippen molar-refractivity contribution in [2.45, 2.75) is 73.1 Å². The van der Waals surface area contributed by atoms with Gasteiger partial charge in [-0.2, -0.15) is 0 Å². The molecule has 2 N–H and O–H groups in total. The minimum atomic E-state index is -0.764. The van der Waals surface area contributed by atoms with Crippen LogP contribution in [0.3, 0.4) is 0 Å². The number of carboxylic acids is 2. The van der Waals surface area contributed by atoms with E-state index in [1.165, 1.54) is 0 Å². The molecule has 0 fully saturated rings. The Bertz CT molecular complexity index is 336. The third-order valence-corrected chi connectivity index (χ3v) is 4.22. The number of hydrogen-bond donors (Lipinski definition) is 2. The Hall–Kier alpha value is -1.06. The SMILES string of the molecule is CCCC(CC(C)(C)CC(C)CC(=O)O)C(CC)C(=O)O. The number of rotatable bonds is 11. The minimum absolute atomic E-state index is 0.0302. The highest BCUT2D eigenvalue weighted by Crippen LogP contribution is 2.38. The van der Waals surface area contributed by atoms with Crippen molar-refractivity contribution in [3.63, 3.8) is 0 Å². The van der Waals surface area contributed by atoms with Crippen LogP contribution in [0.15, 0.2) is 0 Å². The Morgan fingerprint density at radius 2 is 1.67 bits per heavy atom. The Kier molecular flexibility index (Phi) is 8.60. The molecule has 21 heavy (non-hydrogen) atoms. The van der Waals surface area contributed by atoms with E-state index in [0.29, 0.717) is 6.42 Å². The summed E-state index contributed by atoms with van der Waals surface area (Å²) in [7, 11) is 0. The summed E-state index contributed by atoms with van der Waals surface area (Å²) in [6.45, 7) is 10.2. The molecule has 0 rings (SSSR count). The number of aliphatic carboxylic acids is 2. The second-order valence-corrected chi connectivity index (χ2v) is 7.18. The zero-order chi connectivity index (χ0) is 16.6. The Morgan fingerprint density at radius 1 is 1.10 bits per heavy atom. The average molecular weight is 300 g/mol. The van der Waals surface area contributed by atoms with E-state index in [2.05, 4.69) is 20.8 Å².